The molecule has 2 aliphatic carbocycles. The molecule has 1 heteroatoms. The van der Waals surface area contributed by atoms with Crippen molar-refractivity contribution in [1.82, 2.24) is 0 Å². The second kappa shape index (κ2) is 1.10. The molecule has 46 valence electrons. The molecule has 2 rings (SSSR count). The molecule has 0 aliphatic heterocycles. The monoisotopic (exact) mass is 112 g/mol. The first kappa shape index (κ1) is 4.80. The zero-order valence-corrected chi connectivity index (χ0v) is 5.22. The van der Waals surface area contributed by atoms with Crippen LogP contribution in [0.4, 0.5) is 0 Å². The van der Waals surface area contributed by atoms with Crippen LogP contribution in [0.5, 0.6) is 0 Å². The zero-order valence-electron chi connectivity index (χ0n) is 5.22. The van der Waals surface area contributed by atoms with Gasteiger partial charge in [0.05, 0.1) is 6.10 Å². The molecule has 1 N–H and O–H groups in total. The number of aliphatic hydroxyl groups is 1. The predicted octanol–water partition coefficient (Wildman–Crippen LogP) is 1.17. The zero-order chi connectivity index (χ0) is 5.78. The van der Waals surface area contributed by atoms with E-state index in [0.29, 0.717) is 5.41 Å². The fraction of sp³-hybridized carbons (Fsp3) is 1.00. The molecule has 0 spiro atoms. The molecule has 0 aromatic rings. The molecular formula is C7H12O. The van der Waals surface area contributed by atoms with Crippen molar-refractivity contribution < 1.29 is 5.11 Å². The van der Waals surface area contributed by atoms with Gasteiger partial charge in [-0.25, -0.2) is 0 Å². The lowest BCUT2D eigenvalue weighted by Crippen LogP contribution is -2.13. The summed E-state index contributed by atoms with van der Waals surface area (Å²) in [6, 6.07) is 0. The minimum atomic E-state index is 0.0347. The predicted molar refractivity (Wildman–Crippen MR) is 31.5 cm³/mol. The molecule has 0 bridgehead atoms. The molecule has 8 heavy (non-hydrogen) atoms. The van der Waals surface area contributed by atoms with Crippen LogP contribution >= 0.6 is 0 Å². The maximum absolute atomic E-state index is 9.30. The lowest BCUT2D eigenvalue weighted by atomic mass is 10.0. The summed E-state index contributed by atoms with van der Waals surface area (Å²) in [5.74, 6) is 0.887. The van der Waals surface area contributed by atoms with Crippen LogP contribution in [0, 0.1) is 11.3 Å². The Kier molecular flexibility index (Phi) is 0.663. The molecule has 3 atom stereocenters. The summed E-state index contributed by atoms with van der Waals surface area (Å²) in [6.45, 7) is 2.20. The van der Waals surface area contributed by atoms with Crippen LogP contribution in [-0.4, -0.2) is 11.2 Å². The molecule has 0 aromatic carbocycles. The van der Waals surface area contributed by atoms with Gasteiger partial charge in [0, 0.05) is 0 Å². The van der Waals surface area contributed by atoms with E-state index >= 15 is 0 Å². The van der Waals surface area contributed by atoms with Crippen LogP contribution in [0.25, 0.3) is 0 Å². The van der Waals surface area contributed by atoms with E-state index in [1.54, 1.807) is 0 Å². The summed E-state index contributed by atoms with van der Waals surface area (Å²) in [5.41, 5.74) is 0.375. The van der Waals surface area contributed by atoms with E-state index in [1.165, 1.54) is 12.8 Å². The molecule has 0 saturated heterocycles. The Morgan fingerprint density at radius 1 is 1.50 bits per heavy atom. The van der Waals surface area contributed by atoms with Crippen molar-refractivity contribution in [3.8, 4) is 0 Å². The molecule has 2 fully saturated rings. The Morgan fingerprint density at radius 2 is 2.25 bits per heavy atom. The highest BCUT2D eigenvalue weighted by Crippen LogP contribution is 2.62. The van der Waals surface area contributed by atoms with Crippen molar-refractivity contribution >= 4 is 0 Å². The van der Waals surface area contributed by atoms with Crippen LogP contribution in [-0.2, 0) is 0 Å². The van der Waals surface area contributed by atoms with Crippen LogP contribution in [0.15, 0.2) is 0 Å². The Hall–Kier alpha value is -0.0400. The second-order valence-electron chi connectivity index (χ2n) is 3.50. The number of hydrogen-bond donors (Lipinski definition) is 1. The van der Waals surface area contributed by atoms with Gasteiger partial charge in [-0.15, -0.1) is 0 Å². The van der Waals surface area contributed by atoms with Gasteiger partial charge < -0.3 is 5.11 Å². The molecule has 0 radical (unpaired) electrons. The van der Waals surface area contributed by atoms with E-state index < -0.39 is 0 Å². The quantitative estimate of drug-likeness (QED) is 0.498. The third-order valence-electron chi connectivity index (χ3n) is 3.01. The van der Waals surface area contributed by atoms with E-state index in [9.17, 15) is 5.11 Å². The first-order valence-corrected chi connectivity index (χ1v) is 3.41. The molecule has 2 aliphatic rings. The topological polar surface area (TPSA) is 20.2 Å². The second-order valence-corrected chi connectivity index (χ2v) is 3.50. The van der Waals surface area contributed by atoms with Crippen LogP contribution in [0.2, 0.25) is 0 Å². The van der Waals surface area contributed by atoms with Gasteiger partial charge in [-0.05, 0) is 30.6 Å². The summed E-state index contributed by atoms with van der Waals surface area (Å²) in [7, 11) is 0. The summed E-state index contributed by atoms with van der Waals surface area (Å²) in [4.78, 5) is 0. The fourth-order valence-corrected chi connectivity index (χ4v) is 2.00. The Labute approximate surface area is 49.7 Å². The molecule has 0 amide bonds. The molecule has 3 unspecified atom stereocenters. The van der Waals surface area contributed by atoms with E-state index in [1.807, 2.05) is 0 Å². The molecule has 2 saturated carbocycles. The normalized spacial score (nSPS) is 60.8. The highest BCUT2D eigenvalue weighted by atomic mass is 16.3. The van der Waals surface area contributed by atoms with Gasteiger partial charge >= 0.3 is 0 Å². The van der Waals surface area contributed by atoms with Crippen molar-refractivity contribution in [3.05, 3.63) is 0 Å². The van der Waals surface area contributed by atoms with E-state index in [2.05, 4.69) is 6.92 Å². The van der Waals surface area contributed by atoms with Crippen molar-refractivity contribution in [2.24, 2.45) is 11.3 Å². The third-order valence-corrected chi connectivity index (χ3v) is 3.01. The van der Waals surface area contributed by atoms with Crippen LogP contribution in [0.3, 0.4) is 0 Å². The van der Waals surface area contributed by atoms with Gasteiger partial charge in [0.15, 0.2) is 0 Å². The number of aliphatic hydroxyl groups excluding tert-OH is 1. The summed E-state index contributed by atoms with van der Waals surface area (Å²) >= 11 is 0. The first-order chi connectivity index (χ1) is 3.73. The number of fused-ring (bicyclic) bond motifs is 1. The largest absolute Gasteiger partial charge is 0.393 e. The smallest absolute Gasteiger partial charge is 0.0596 e. The van der Waals surface area contributed by atoms with Gasteiger partial charge in [0.1, 0.15) is 0 Å². The van der Waals surface area contributed by atoms with Crippen LogP contribution < -0.4 is 0 Å². The summed E-state index contributed by atoms with van der Waals surface area (Å²) in [5, 5.41) is 9.30. The van der Waals surface area contributed by atoms with E-state index in [0.717, 1.165) is 12.3 Å². The van der Waals surface area contributed by atoms with Gasteiger partial charge in [0.25, 0.3) is 0 Å². The molecule has 0 aromatic heterocycles. The lowest BCUT2D eigenvalue weighted by molar-refractivity contribution is 0.114. The Balaban J connectivity index is 2.19. The maximum Gasteiger partial charge on any atom is 0.0596 e. The lowest BCUT2D eigenvalue weighted by Gasteiger charge is -2.09. The highest BCUT2D eigenvalue weighted by Gasteiger charge is 2.58. The number of rotatable bonds is 0. The Bertz CT molecular complexity index is 120. The number of hydrogen-bond acceptors (Lipinski definition) is 1. The van der Waals surface area contributed by atoms with Gasteiger partial charge in [0.2, 0.25) is 0 Å². The summed E-state index contributed by atoms with van der Waals surface area (Å²) in [6.07, 6.45) is 3.65. The maximum atomic E-state index is 9.30. The highest BCUT2D eigenvalue weighted by molar-refractivity contribution is 5.08. The summed E-state index contributed by atoms with van der Waals surface area (Å²) < 4.78 is 0. The minimum Gasteiger partial charge on any atom is -0.393 e. The van der Waals surface area contributed by atoms with Crippen molar-refractivity contribution in [2.45, 2.75) is 32.3 Å². The average Bonchev–Trinajstić information content (AvgIpc) is 2.31. The van der Waals surface area contributed by atoms with E-state index in [4.69, 9.17) is 0 Å². The standard InChI is InChI=1S/C7H12O/c1-7-4-5(7)2-3-6(7)8/h5-6,8H,2-4H2,1H3. The van der Waals surface area contributed by atoms with E-state index in [-0.39, 0.29) is 6.10 Å². The molecule has 1 nitrogen and oxygen atoms in total. The minimum absolute atomic E-state index is 0.0347. The fourth-order valence-electron chi connectivity index (χ4n) is 2.00. The van der Waals surface area contributed by atoms with Gasteiger partial charge in [-0.1, -0.05) is 6.92 Å². The van der Waals surface area contributed by atoms with Crippen molar-refractivity contribution in [2.75, 3.05) is 0 Å². The third kappa shape index (κ3) is 0.368. The first-order valence-electron chi connectivity index (χ1n) is 3.41. The van der Waals surface area contributed by atoms with Crippen molar-refractivity contribution in [1.29, 1.82) is 0 Å². The Morgan fingerprint density at radius 3 is 2.38 bits per heavy atom. The molecular weight excluding hydrogens is 100 g/mol. The SMILES string of the molecule is CC12CC1CCC2O. The van der Waals surface area contributed by atoms with Crippen molar-refractivity contribution in [3.63, 3.8) is 0 Å². The average molecular weight is 112 g/mol. The van der Waals surface area contributed by atoms with Crippen LogP contribution in [0.1, 0.15) is 26.2 Å². The molecule has 0 heterocycles. The van der Waals surface area contributed by atoms with Gasteiger partial charge in [-0.3, -0.25) is 0 Å². The van der Waals surface area contributed by atoms with Gasteiger partial charge in [-0.2, -0.15) is 0 Å².